The van der Waals surface area contributed by atoms with E-state index in [-0.39, 0.29) is 6.10 Å². The van der Waals surface area contributed by atoms with Crippen LogP contribution in [-0.4, -0.2) is 34.1 Å². The number of nitrogens with one attached hydrogen (secondary N) is 1. The zero-order valence-corrected chi connectivity index (χ0v) is 21.1. The Morgan fingerprint density at radius 2 is 1.66 bits per heavy atom. The Labute approximate surface area is 221 Å². The van der Waals surface area contributed by atoms with Crippen molar-refractivity contribution in [3.63, 3.8) is 0 Å². The van der Waals surface area contributed by atoms with Gasteiger partial charge in [0.05, 0.1) is 35.6 Å². The van der Waals surface area contributed by atoms with Crippen molar-refractivity contribution in [2.24, 2.45) is 0 Å². The summed E-state index contributed by atoms with van der Waals surface area (Å²) < 4.78 is 11.3. The highest BCUT2D eigenvalue weighted by Crippen LogP contribution is 2.38. The summed E-state index contributed by atoms with van der Waals surface area (Å²) in [6, 6.07) is 24.5. The zero-order chi connectivity index (χ0) is 25.9. The van der Waals surface area contributed by atoms with Crippen LogP contribution in [0, 0.1) is 0 Å². The molecule has 7 nitrogen and oxygen atoms in total. The lowest BCUT2D eigenvalue weighted by Gasteiger charge is -2.25. The monoisotopic (exact) mass is 504 g/mol. The number of aromatic nitrogens is 3. The van der Waals surface area contributed by atoms with Crippen LogP contribution in [-0.2, 0) is 17.8 Å². The number of hydrogen-bond acceptors (Lipinski definition) is 6. The second-order valence-electron chi connectivity index (χ2n) is 9.48. The van der Waals surface area contributed by atoms with Crippen molar-refractivity contribution in [2.45, 2.75) is 32.0 Å². The Morgan fingerprint density at radius 1 is 0.974 bits per heavy atom. The van der Waals surface area contributed by atoms with E-state index in [0.29, 0.717) is 18.7 Å². The Bertz CT molecular complexity index is 1520. The van der Waals surface area contributed by atoms with E-state index in [1.165, 1.54) is 7.11 Å². The molecule has 0 unspecified atom stereocenters. The third kappa shape index (κ3) is 4.95. The maximum atomic E-state index is 12.7. The maximum absolute atomic E-state index is 12.7. The first kappa shape index (κ1) is 23.7. The van der Waals surface area contributed by atoms with Gasteiger partial charge in [-0.05, 0) is 36.1 Å². The predicted octanol–water partition coefficient (Wildman–Crippen LogP) is 6.16. The van der Waals surface area contributed by atoms with Crippen molar-refractivity contribution in [3.05, 3.63) is 108 Å². The molecule has 3 heterocycles. The second-order valence-corrected chi connectivity index (χ2v) is 9.48. The molecular weight excluding hydrogens is 476 g/mol. The van der Waals surface area contributed by atoms with Gasteiger partial charge in [0, 0.05) is 37.1 Å². The summed E-state index contributed by atoms with van der Waals surface area (Å²) in [5.41, 5.74) is 5.14. The Morgan fingerprint density at radius 3 is 2.29 bits per heavy atom. The molecule has 1 fully saturated rings. The molecule has 2 aromatic carbocycles. The quantitative estimate of drug-likeness (QED) is 0.242. The molecule has 38 heavy (non-hydrogen) atoms. The van der Waals surface area contributed by atoms with Crippen LogP contribution < -0.4 is 9.64 Å². The van der Waals surface area contributed by atoms with Crippen molar-refractivity contribution in [1.29, 1.82) is 0 Å². The Hall–Kier alpha value is -4.65. The van der Waals surface area contributed by atoms with Gasteiger partial charge in [-0.2, -0.15) is 0 Å². The number of rotatable bonds is 9. The van der Waals surface area contributed by atoms with Crippen LogP contribution in [0.3, 0.4) is 0 Å². The van der Waals surface area contributed by atoms with Crippen LogP contribution >= 0.6 is 0 Å². The Kier molecular flexibility index (Phi) is 6.48. The molecule has 5 aromatic rings. The van der Waals surface area contributed by atoms with Crippen molar-refractivity contribution in [2.75, 3.05) is 12.0 Å². The average Bonchev–Trinajstić information content (AvgIpc) is 3.67. The third-order valence-corrected chi connectivity index (χ3v) is 6.67. The average molecular weight is 505 g/mol. The van der Waals surface area contributed by atoms with E-state index in [1.54, 1.807) is 18.6 Å². The van der Waals surface area contributed by atoms with Gasteiger partial charge in [-0.25, -0.2) is 9.78 Å². The van der Waals surface area contributed by atoms with E-state index >= 15 is 0 Å². The molecule has 1 aliphatic rings. The van der Waals surface area contributed by atoms with E-state index in [4.69, 9.17) is 14.5 Å². The number of benzene rings is 2. The molecule has 0 aliphatic heterocycles. The SMILES string of the molecule is COC(=O)c1cnc(N(Cc2ccccc2)Cc2ccccc2)c2[nH]c(-c3cnccc3OC3CC3)cc12. The number of ether oxygens (including phenoxy) is 2. The summed E-state index contributed by atoms with van der Waals surface area (Å²) >= 11 is 0. The van der Waals surface area contributed by atoms with Crippen LogP contribution in [0.15, 0.2) is 91.4 Å². The number of anilines is 1. The lowest BCUT2D eigenvalue weighted by molar-refractivity contribution is 0.0602. The molecule has 0 spiro atoms. The first-order valence-corrected chi connectivity index (χ1v) is 12.7. The van der Waals surface area contributed by atoms with E-state index < -0.39 is 5.97 Å². The van der Waals surface area contributed by atoms with Crippen LogP contribution in [0.4, 0.5) is 5.82 Å². The summed E-state index contributed by atoms with van der Waals surface area (Å²) in [5.74, 6) is 1.09. The highest BCUT2D eigenvalue weighted by molar-refractivity contribution is 6.08. The third-order valence-electron chi connectivity index (χ3n) is 6.67. The van der Waals surface area contributed by atoms with Crippen molar-refractivity contribution in [3.8, 4) is 17.0 Å². The normalized spacial score (nSPS) is 12.9. The molecule has 0 amide bonds. The van der Waals surface area contributed by atoms with Gasteiger partial charge < -0.3 is 19.4 Å². The number of aromatic amines is 1. The van der Waals surface area contributed by atoms with Crippen molar-refractivity contribution < 1.29 is 14.3 Å². The van der Waals surface area contributed by atoms with Gasteiger partial charge in [0.2, 0.25) is 0 Å². The fourth-order valence-corrected chi connectivity index (χ4v) is 4.63. The molecule has 7 heteroatoms. The lowest BCUT2D eigenvalue weighted by Crippen LogP contribution is -2.24. The van der Waals surface area contributed by atoms with Crippen LogP contribution in [0.2, 0.25) is 0 Å². The molecule has 0 bridgehead atoms. The summed E-state index contributed by atoms with van der Waals surface area (Å²) in [6.07, 6.45) is 7.49. The number of methoxy groups -OCH3 is 1. The summed E-state index contributed by atoms with van der Waals surface area (Å²) in [5, 5.41) is 0.740. The molecule has 1 saturated carbocycles. The first-order valence-electron chi connectivity index (χ1n) is 12.7. The van der Waals surface area contributed by atoms with E-state index in [9.17, 15) is 4.79 Å². The van der Waals surface area contributed by atoms with Gasteiger partial charge in [-0.15, -0.1) is 0 Å². The van der Waals surface area contributed by atoms with Gasteiger partial charge in [0.1, 0.15) is 5.75 Å². The summed E-state index contributed by atoms with van der Waals surface area (Å²) in [4.78, 5) is 27.7. The van der Waals surface area contributed by atoms with Gasteiger partial charge in [0.25, 0.3) is 0 Å². The highest BCUT2D eigenvalue weighted by Gasteiger charge is 2.26. The number of esters is 1. The van der Waals surface area contributed by atoms with Gasteiger partial charge in [-0.1, -0.05) is 60.7 Å². The topological polar surface area (TPSA) is 80.3 Å². The molecule has 3 aromatic heterocycles. The standard InChI is InChI=1S/C31H28N4O3/c1-37-31(36)25-18-33-30(35(19-21-8-4-2-5-9-21)20-22-10-6-3-7-11-22)29-24(25)16-27(34-29)26-17-32-15-14-28(26)38-23-12-13-23/h2-11,14-18,23,34H,12-13,19-20H2,1H3. The Balaban J connectivity index is 1.49. The minimum atomic E-state index is -0.432. The maximum Gasteiger partial charge on any atom is 0.340 e. The fourth-order valence-electron chi connectivity index (χ4n) is 4.63. The van der Waals surface area contributed by atoms with E-state index in [1.807, 2.05) is 48.5 Å². The number of nitrogens with zero attached hydrogens (tertiary/aromatic N) is 3. The largest absolute Gasteiger partial charge is 0.490 e. The molecule has 1 N–H and O–H groups in total. The van der Waals surface area contributed by atoms with Crippen LogP contribution in [0.1, 0.15) is 34.3 Å². The molecule has 6 rings (SSSR count). The number of carbonyl (C=O) groups is 1. The molecule has 0 radical (unpaired) electrons. The van der Waals surface area contributed by atoms with Crippen molar-refractivity contribution in [1.82, 2.24) is 15.0 Å². The summed E-state index contributed by atoms with van der Waals surface area (Å²) in [6.45, 7) is 1.29. The van der Waals surface area contributed by atoms with Crippen molar-refractivity contribution >= 4 is 22.7 Å². The second kappa shape index (κ2) is 10.4. The van der Waals surface area contributed by atoms with Gasteiger partial charge in [-0.3, -0.25) is 4.98 Å². The van der Waals surface area contributed by atoms with Gasteiger partial charge in [0.15, 0.2) is 5.82 Å². The molecule has 0 saturated heterocycles. The predicted molar refractivity (Wildman–Crippen MR) is 147 cm³/mol. The molecule has 190 valence electrons. The fraction of sp³-hybridized carbons (Fsp3) is 0.194. The van der Waals surface area contributed by atoms with E-state index in [0.717, 1.165) is 57.7 Å². The van der Waals surface area contributed by atoms with Crippen LogP contribution in [0.25, 0.3) is 22.2 Å². The highest BCUT2D eigenvalue weighted by atomic mass is 16.5. The molecule has 0 atom stereocenters. The summed E-state index contributed by atoms with van der Waals surface area (Å²) in [7, 11) is 1.38. The lowest BCUT2D eigenvalue weighted by atomic mass is 10.1. The number of fused-ring (bicyclic) bond motifs is 1. The van der Waals surface area contributed by atoms with Crippen LogP contribution in [0.5, 0.6) is 5.75 Å². The van der Waals surface area contributed by atoms with Gasteiger partial charge >= 0.3 is 5.97 Å². The number of carbonyl (C=O) groups excluding carboxylic acids is 1. The number of hydrogen-bond donors (Lipinski definition) is 1. The van der Waals surface area contributed by atoms with E-state index in [2.05, 4.69) is 39.1 Å². The minimum absolute atomic E-state index is 0.246. The molecular formula is C31H28N4O3. The first-order chi connectivity index (χ1) is 18.7. The number of H-pyrrole nitrogens is 1. The number of pyridine rings is 2. The minimum Gasteiger partial charge on any atom is -0.490 e. The smallest absolute Gasteiger partial charge is 0.340 e. The zero-order valence-electron chi connectivity index (χ0n) is 21.1. The molecule has 1 aliphatic carbocycles.